The Labute approximate surface area is 158 Å². The molecule has 3 rings (SSSR count). The number of nitrogens with one attached hydrogen (secondary N) is 2. The molecule has 2 aromatic heterocycles. The van der Waals surface area contributed by atoms with Crippen LogP contribution in [0.2, 0.25) is 0 Å². The molecule has 148 valence electrons. The van der Waals surface area contributed by atoms with Crippen molar-refractivity contribution in [3.63, 3.8) is 0 Å². The number of amides is 1. The maximum absolute atomic E-state index is 12.4. The fourth-order valence-corrected chi connectivity index (χ4v) is 3.45. The number of aromatic amines is 1. The van der Waals surface area contributed by atoms with Crippen LogP contribution in [0.1, 0.15) is 59.9 Å². The van der Waals surface area contributed by atoms with E-state index in [0.29, 0.717) is 31.2 Å². The molecule has 2 N–H and O–H groups in total. The van der Waals surface area contributed by atoms with E-state index in [1.165, 1.54) is 0 Å². The molecule has 9 heteroatoms. The minimum Gasteiger partial charge on any atom is -0.383 e. The lowest BCUT2D eigenvalue weighted by Crippen LogP contribution is -2.35. The third-order valence-electron chi connectivity index (χ3n) is 4.76. The van der Waals surface area contributed by atoms with Crippen molar-refractivity contribution in [3.05, 3.63) is 29.2 Å². The van der Waals surface area contributed by atoms with Crippen molar-refractivity contribution in [3.8, 4) is 0 Å². The summed E-state index contributed by atoms with van der Waals surface area (Å²) < 4.78 is 10.3. The Morgan fingerprint density at radius 1 is 1.52 bits per heavy atom. The van der Waals surface area contributed by atoms with E-state index in [0.717, 1.165) is 50.3 Å². The first-order valence-corrected chi connectivity index (χ1v) is 9.55. The number of hydrogen-bond donors (Lipinski definition) is 2. The van der Waals surface area contributed by atoms with Gasteiger partial charge in [-0.05, 0) is 25.8 Å². The molecule has 0 aromatic carbocycles. The maximum Gasteiger partial charge on any atom is 0.254 e. The van der Waals surface area contributed by atoms with Crippen LogP contribution in [0.25, 0.3) is 0 Å². The van der Waals surface area contributed by atoms with Crippen molar-refractivity contribution < 1.29 is 14.1 Å². The molecule has 0 spiro atoms. The second-order valence-corrected chi connectivity index (χ2v) is 6.87. The minimum atomic E-state index is -0.115. The first-order chi connectivity index (χ1) is 13.2. The summed E-state index contributed by atoms with van der Waals surface area (Å²) >= 11 is 0. The Bertz CT molecular complexity index is 728. The molecule has 1 fully saturated rings. The van der Waals surface area contributed by atoms with Crippen LogP contribution >= 0.6 is 0 Å². The van der Waals surface area contributed by atoms with Crippen LogP contribution < -0.4 is 5.32 Å². The van der Waals surface area contributed by atoms with Gasteiger partial charge in [0.15, 0.2) is 5.82 Å². The van der Waals surface area contributed by atoms with Gasteiger partial charge in [0.05, 0.1) is 30.6 Å². The smallest absolute Gasteiger partial charge is 0.254 e. The summed E-state index contributed by atoms with van der Waals surface area (Å²) in [5.74, 6) is 1.53. The third kappa shape index (κ3) is 5.14. The highest BCUT2D eigenvalue weighted by atomic mass is 16.5. The number of rotatable bonds is 9. The molecule has 2 aromatic rings. The summed E-state index contributed by atoms with van der Waals surface area (Å²) in [5.41, 5.74) is 1.51. The molecule has 3 heterocycles. The van der Waals surface area contributed by atoms with Gasteiger partial charge in [0.25, 0.3) is 5.91 Å². The number of piperidine rings is 1. The topological polar surface area (TPSA) is 109 Å². The van der Waals surface area contributed by atoms with Crippen LogP contribution in [0.4, 0.5) is 0 Å². The highest BCUT2D eigenvalue weighted by Crippen LogP contribution is 2.28. The Morgan fingerprint density at radius 3 is 3.22 bits per heavy atom. The summed E-state index contributed by atoms with van der Waals surface area (Å²) in [7, 11) is 1.61. The lowest BCUT2D eigenvalue weighted by Gasteiger charge is -2.31. The van der Waals surface area contributed by atoms with Crippen molar-refractivity contribution in [2.75, 3.05) is 33.4 Å². The molecular formula is C18H28N6O3. The summed E-state index contributed by atoms with van der Waals surface area (Å²) in [6.07, 6.45) is 5.47. The van der Waals surface area contributed by atoms with Gasteiger partial charge in [-0.25, -0.2) is 0 Å². The predicted octanol–water partition coefficient (Wildman–Crippen LogP) is 1.50. The fraction of sp³-hybridized carbons (Fsp3) is 0.667. The molecule has 0 aliphatic carbocycles. The van der Waals surface area contributed by atoms with Crippen molar-refractivity contribution in [1.29, 1.82) is 0 Å². The first-order valence-electron chi connectivity index (χ1n) is 9.55. The Morgan fingerprint density at radius 2 is 2.41 bits per heavy atom. The zero-order valence-corrected chi connectivity index (χ0v) is 16.0. The molecule has 0 radical (unpaired) electrons. The highest BCUT2D eigenvalue weighted by molar-refractivity contribution is 5.95. The maximum atomic E-state index is 12.4. The second-order valence-electron chi connectivity index (χ2n) is 6.87. The van der Waals surface area contributed by atoms with Crippen molar-refractivity contribution in [1.82, 2.24) is 30.6 Å². The molecule has 27 heavy (non-hydrogen) atoms. The van der Waals surface area contributed by atoms with Gasteiger partial charge in [0.2, 0.25) is 5.89 Å². The van der Waals surface area contributed by atoms with E-state index in [4.69, 9.17) is 9.26 Å². The standard InChI is InChI=1S/C18H28N6O3/c1-3-5-16-21-15(23-27-16)12-24-8-4-6-13(11-24)17-14(10-20-22-17)18(25)19-7-9-26-2/h10,13H,3-9,11-12H2,1-2H3,(H,19,25)(H,20,22). The van der Waals surface area contributed by atoms with Gasteiger partial charge < -0.3 is 14.6 Å². The van der Waals surface area contributed by atoms with Gasteiger partial charge in [-0.1, -0.05) is 12.1 Å². The third-order valence-corrected chi connectivity index (χ3v) is 4.76. The lowest BCUT2D eigenvalue weighted by atomic mass is 9.92. The quantitative estimate of drug-likeness (QED) is 0.638. The summed E-state index contributed by atoms with van der Waals surface area (Å²) in [6.45, 7) is 5.53. The van der Waals surface area contributed by atoms with E-state index < -0.39 is 0 Å². The lowest BCUT2D eigenvalue weighted by molar-refractivity contribution is 0.0934. The van der Waals surface area contributed by atoms with Crippen LogP contribution in [0.3, 0.4) is 0 Å². The molecule has 1 aliphatic heterocycles. The Kier molecular flexibility index (Phi) is 6.94. The second kappa shape index (κ2) is 9.61. The molecule has 9 nitrogen and oxygen atoms in total. The van der Waals surface area contributed by atoms with Crippen molar-refractivity contribution in [2.24, 2.45) is 0 Å². The van der Waals surface area contributed by atoms with Crippen LogP contribution in [0.5, 0.6) is 0 Å². The Hall–Kier alpha value is -2.26. The zero-order valence-electron chi connectivity index (χ0n) is 16.0. The van der Waals surface area contributed by atoms with Crippen molar-refractivity contribution >= 4 is 5.91 Å². The van der Waals surface area contributed by atoms with Crippen LogP contribution in [-0.4, -0.2) is 64.5 Å². The van der Waals surface area contributed by atoms with Gasteiger partial charge in [0, 0.05) is 32.5 Å². The average molecular weight is 376 g/mol. The average Bonchev–Trinajstić information content (AvgIpc) is 3.32. The molecule has 0 bridgehead atoms. The van der Waals surface area contributed by atoms with E-state index in [1.807, 2.05) is 0 Å². The normalized spacial score (nSPS) is 17.9. The first kappa shape index (κ1) is 19.5. The number of likely N-dealkylation sites (tertiary alicyclic amines) is 1. The summed E-state index contributed by atoms with van der Waals surface area (Å²) in [4.78, 5) is 19.2. The van der Waals surface area contributed by atoms with Crippen LogP contribution in [0.15, 0.2) is 10.7 Å². The van der Waals surface area contributed by atoms with Crippen molar-refractivity contribution in [2.45, 2.75) is 45.1 Å². The number of hydrogen-bond acceptors (Lipinski definition) is 7. The number of aromatic nitrogens is 4. The molecule has 1 atom stereocenters. The van der Waals surface area contributed by atoms with E-state index in [1.54, 1.807) is 13.3 Å². The molecule has 1 saturated heterocycles. The van der Waals surface area contributed by atoms with Crippen LogP contribution in [0, 0.1) is 0 Å². The number of carbonyl (C=O) groups is 1. The fourth-order valence-electron chi connectivity index (χ4n) is 3.45. The van der Waals surface area contributed by atoms with E-state index in [9.17, 15) is 4.79 Å². The molecule has 1 amide bonds. The Balaban J connectivity index is 1.61. The molecule has 0 saturated carbocycles. The van der Waals surface area contributed by atoms with Gasteiger partial charge in [0.1, 0.15) is 0 Å². The number of nitrogens with zero attached hydrogens (tertiary/aromatic N) is 4. The number of methoxy groups -OCH3 is 1. The number of aryl methyl sites for hydroxylation is 1. The zero-order chi connectivity index (χ0) is 19.1. The molecule has 1 aliphatic rings. The van der Waals surface area contributed by atoms with E-state index >= 15 is 0 Å². The summed E-state index contributed by atoms with van der Waals surface area (Å²) in [6, 6.07) is 0. The van der Waals surface area contributed by atoms with E-state index in [-0.39, 0.29) is 11.8 Å². The number of carbonyl (C=O) groups excluding carboxylic acids is 1. The van der Waals surface area contributed by atoms with Gasteiger partial charge >= 0.3 is 0 Å². The highest BCUT2D eigenvalue weighted by Gasteiger charge is 2.27. The van der Waals surface area contributed by atoms with Gasteiger partial charge in [-0.3, -0.25) is 14.8 Å². The minimum absolute atomic E-state index is 0.115. The summed E-state index contributed by atoms with van der Waals surface area (Å²) in [5, 5.41) is 14.1. The van der Waals surface area contributed by atoms with Gasteiger partial charge in [-0.2, -0.15) is 10.1 Å². The number of H-pyrrole nitrogens is 1. The SMILES string of the molecule is CCCc1nc(CN2CCCC(c3[nH]ncc3C(=O)NCCOC)C2)no1. The van der Waals surface area contributed by atoms with Crippen LogP contribution in [-0.2, 0) is 17.7 Å². The molecular weight excluding hydrogens is 348 g/mol. The largest absolute Gasteiger partial charge is 0.383 e. The monoisotopic (exact) mass is 376 g/mol. The van der Waals surface area contributed by atoms with Gasteiger partial charge in [-0.15, -0.1) is 0 Å². The number of ether oxygens (including phenoxy) is 1. The van der Waals surface area contributed by atoms with E-state index in [2.05, 4.69) is 37.5 Å². The molecule has 1 unspecified atom stereocenters. The predicted molar refractivity (Wildman–Crippen MR) is 98.3 cm³/mol.